The molecule has 0 unspecified atom stereocenters. The summed E-state index contributed by atoms with van der Waals surface area (Å²) in [6, 6.07) is 17.5. The molecule has 2 aromatic heterocycles. The zero-order valence-electron chi connectivity index (χ0n) is 25.3. The van der Waals surface area contributed by atoms with Crippen LogP contribution in [0.25, 0.3) is 0 Å². The van der Waals surface area contributed by atoms with Gasteiger partial charge >= 0.3 is 6.18 Å². The molecule has 1 N–H and O–H groups in total. The summed E-state index contributed by atoms with van der Waals surface area (Å²) in [4.78, 5) is 17.4. The summed E-state index contributed by atoms with van der Waals surface area (Å²) in [5, 5.41) is 3.64. The normalized spacial score (nSPS) is 18.6. The standard InChI is InChI=1S/C33H37F3N6O2/c1-41(2)29-17-23(22-6-5-7-25(16-22)33(34,35)36)9-12-28(29)40-26-10-13-31(38-19-26)42(32-14-15-37-21-39-32)20-24-8-11-27(43-3)18-30(24)44-4/h5-8,10-11,13-16,18-19,21,23,28-29,40H,9,12,17,20H2,1-4H3/t23-,28-,29-/m0/s1. The van der Waals surface area contributed by atoms with Gasteiger partial charge in [-0.15, -0.1) is 0 Å². The molecular weight excluding hydrogens is 569 g/mol. The van der Waals surface area contributed by atoms with Gasteiger partial charge in [0, 0.05) is 29.9 Å². The topological polar surface area (TPSA) is 75.6 Å². The fraction of sp³-hybridized carbons (Fsp3) is 0.364. The highest BCUT2D eigenvalue weighted by molar-refractivity contribution is 5.59. The Bertz CT molecular complexity index is 1520. The third-order valence-corrected chi connectivity index (χ3v) is 8.21. The highest BCUT2D eigenvalue weighted by Gasteiger charge is 2.35. The largest absolute Gasteiger partial charge is 0.497 e. The van der Waals surface area contributed by atoms with Crippen LogP contribution in [0.1, 0.15) is 41.9 Å². The van der Waals surface area contributed by atoms with Gasteiger partial charge in [0.1, 0.15) is 29.5 Å². The van der Waals surface area contributed by atoms with E-state index in [4.69, 9.17) is 14.5 Å². The molecule has 8 nitrogen and oxygen atoms in total. The molecule has 1 aliphatic rings. The maximum Gasteiger partial charge on any atom is 0.416 e. The molecule has 4 aromatic rings. The third-order valence-electron chi connectivity index (χ3n) is 8.21. The van der Waals surface area contributed by atoms with Crippen LogP contribution in [0, 0.1) is 0 Å². The number of hydrogen-bond donors (Lipinski definition) is 1. The number of aromatic nitrogens is 3. The first kappa shape index (κ1) is 31.1. The van der Waals surface area contributed by atoms with E-state index in [0.29, 0.717) is 29.7 Å². The quantitative estimate of drug-likeness (QED) is 0.209. The van der Waals surface area contributed by atoms with E-state index in [-0.39, 0.29) is 18.0 Å². The Hall–Kier alpha value is -4.38. The Labute approximate surface area is 255 Å². The summed E-state index contributed by atoms with van der Waals surface area (Å²) >= 11 is 0. The fourth-order valence-corrected chi connectivity index (χ4v) is 5.88. The molecule has 0 aliphatic heterocycles. The Morgan fingerprint density at radius 1 is 0.932 bits per heavy atom. The summed E-state index contributed by atoms with van der Waals surface area (Å²) in [6.07, 6.45) is 3.01. The van der Waals surface area contributed by atoms with Gasteiger partial charge in [0.15, 0.2) is 0 Å². The summed E-state index contributed by atoms with van der Waals surface area (Å²) in [7, 11) is 7.27. The predicted molar refractivity (Wildman–Crippen MR) is 165 cm³/mol. The lowest BCUT2D eigenvalue weighted by molar-refractivity contribution is -0.137. The van der Waals surface area contributed by atoms with E-state index in [1.54, 1.807) is 26.6 Å². The number of pyridine rings is 1. The number of benzene rings is 2. The van der Waals surface area contributed by atoms with E-state index in [1.165, 1.54) is 18.5 Å². The summed E-state index contributed by atoms with van der Waals surface area (Å²) in [5.41, 5.74) is 1.95. The first-order chi connectivity index (χ1) is 21.2. The Balaban J connectivity index is 1.33. The van der Waals surface area contributed by atoms with E-state index in [2.05, 4.69) is 20.2 Å². The third kappa shape index (κ3) is 7.21. The molecule has 0 spiro atoms. The van der Waals surface area contributed by atoms with Crippen LogP contribution in [0.4, 0.5) is 30.5 Å². The molecule has 0 saturated heterocycles. The van der Waals surface area contributed by atoms with Crippen molar-refractivity contribution in [3.05, 3.63) is 96.1 Å². The molecule has 0 radical (unpaired) electrons. The number of rotatable bonds is 10. The van der Waals surface area contributed by atoms with Crippen LogP contribution in [-0.2, 0) is 12.7 Å². The molecule has 232 valence electrons. The van der Waals surface area contributed by atoms with Gasteiger partial charge < -0.3 is 24.6 Å². The minimum Gasteiger partial charge on any atom is -0.497 e. The zero-order valence-corrected chi connectivity index (χ0v) is 25.3. The van der Waals surface area contributed by atoms with Crippen LogP contribution in [0.15, 0.2) is 79.4 Å². The number of methoxy groups -OCH3 is 2. The molecule has 44 heavy (non-hydrogen) atoms. The zero-order chi connectivity index (χ0) is 31.3. The van der Waals surface area contributed by atoms with Crippen LogP contribution < -0.4 is 19.7 Å². The number of alkyl halides is 3. The van der Waals surface area contributed by atoms with Crippen molar-refractivity contribution in [1.82, 2.24) is 19.9 Å². The second kappa shape index (κ2) is 13.5. The molecule has 1 aliphatic carbocycles. The number of hydrogen-bond acceptors (Lipinski definition) is 8. The van der Waals surface area contributed by atoms with Crippen LogP contribution in [-0.4, -0.2) is 60.3 Å². The second-order valence-corrected chi connectivity index (χ2v) is 11.2. The minimum atomic E-state index is -4.35. The number of anilines is 3. The number of nitrogens with zero attached hydrogens (tertiary/aromatic N) is 5. The number of nitrogens with one attached hydrogen (secondary N) is 1. The molecule has 2 aromatic carbocycles. The SMILES string of the molecule is COc1ccc(CN(c2ccncn2)c2ccc(N[C@H]3CC[C@H](c4cccc(C(F)(F)F)c4)C[C@@H]3N(C)C)cn2)c(OC)c1. The average Bonchev–Trinajstić information content (AvgIpc) is 3.04. The van der Waals surface area contributed by atoms with Crippen molar-refractivity contribution in [3.63, 3.8) is 0 Å². The first-order valence-corrected chi connectivity index (χ1v) is 14.5. The van der Waals surface area contributed by atoms with Crippen molar-refractivity contribution in [1.29, 1.82) is 0 Å². The van der Waals surface area contributed by atoms with E-state index in [0.717, 1.165) is 42.1 Å². The van der Waals surface area contributed by atoms with Gasteiger partial charge in [0.25, 0.3) is 0 Å². The van der Waals surface area contributed by atoms with Crippen LogP contribution >= 0.6 is 0 Å². The molecule has 1 saturated carbocycles. The number of likely N-dealkylation sites (N-methyl/N-ethyl adjacent to an activating group) is 1. The van der Waals surface area contributed by atoms with Crippen molar-refractivity contribution in [3.8, 4) is 11.5 Å². The van der Waals surface area contributed by atoms with Gasteiger partial charge in [-0.05, 0) is 81.2 Å². The first-order valence-electron chi connectivity index (χ1n) is 14.5. The maximum atomic E-state index is 13.3. The fourth-order valence-electron chi connectivity index (χ4n) is 5.88. The lowest BCUT2D eigenvalue weighted by Crippen LogP contribution is -2.47. The van der Waals surface area contributed by atoms with E-state index in [1.807, 2.05) is 61.5 Å². The van der Waals surface area contributed by atoms with Crippen LogP contribution in [0.5, 0.6) is 11.5 Å². The Morgan fingerprint density at radius 2 is 1.75 bits per heavy atom. The lowest BCUT2D eigenvalue weighted by Gasteiger charge is -2.41. The van der Waals surface area contributed by atoms with Crippen molar-refractivity contribution < 1.29 is 22.6 Å². The van der Waals surface area contributed by atoms with Crippen LogP contribution in [0.3, 0.4) is 0 Å². The smallest absolute Gasteiger partial charge is 0.416 e. The van der Waals surface area contributed by atoms with Crippen molar-refractivity contribution in [2.24, 2.45) is 0 Å². The predicted octanol–water partition coefficient (Wildman–Crippen LogP) is 6.92. The van der Waals surface area contributed by atoms with Crippen molar-refractivity contribution >= 4 is 17.3 Å². The molecule has 0 amide bonds. The molecule has 5 rings (SSSR count). The van der Waals surface area contributed by atoms with E-state index >= 15 is 0 Å². The molecule has 2 heterocycles. The van der Waals surface area contributed by atoms with Crippen molar-refractivity contribution in [2.45, 2.75) is 50.0 Å². The van der Waals surface area contributed by atoms with Gasteiger partial charge in [0.2, 0.25) is 0 Å². The highest BCUT2D eigenvalue weighted by Crippen LogP contribution is 2.39. The van der Waals surface area contributed by atoms with Crippen LogP contribution in [0.2, 0.25) is 0 Å². The molecule has 0 bridgehead atoms. The Morgan fingerprint density at radius 3 is 2.41 bits per heavy atom. The number of halogens is 3. The van der Waals surface area contributed by atoms with Gasteiger partial charge in [-0.25, -0.2) is 15.0 Å². The van der Waals surface area contributed by atoms with Gasteiger partial charge in [0.05, 0.1) is 38.2 Å². The van der Waals surface area contributed by atoms with Gasteiger partial charge in [-0.3, -0.25) is 0 Å². The summed E-state index contributed by atoms with van der Waals surface area (Å²) in [5.74, 6) is 2.83. The van der Waals surface area contributed by atoms with Gasteiger partial charge in [-0.2, -0.15) is 13.2 Å². The molecule has 1 fully saturated rings. The average molecular weight is 607 g/mol. The molecule has 3 atom stereocenters. The monoisotopic (exact) mass is 606 g/mol. The highest BCUT2D eigenvalue weighted by atomic mass is 19.4. The maximum absolute atomic E-state index is 13.3. The summed E-state index contributed by atoms with van der Waals surface area (Å²) in [6.45, 7) is 0.451. The molecule has 11 heteroatoms. The lowest BCUT2D eigenvalue weighted by atomic mass is 9.78. The molecular formula is C33H37F3N6O2. The van der Waals surface area contributed by atoms with Crippen molar-refractivity contribution in [2.75, 3.05) is 38.5 Å². The summed E-state index contributed by atoms with van der Waals surface area (Å²) < 4.78 is 51.0. The Kier molecular flexibility index (Phi) is 9.53. The second-order valence-electron chi connectivity index (χ2n) is 11.2. The minimum absolute atomic E-state index is 0.0552. The van der Waals surface area contributed by atoms with E-state index in [9.17, 15) is 13.2 Å². The van der Waals surface area contributed by atoms with Gasteiger partial charge in [-0.1, -0.05) is 18.2 Å². The number of ether oxygens (including phenoxy) is 2. The van der Waals surface area contributed by atoms with E-state index < -0.39 is 11.7 Å².